The van der Waals surface area contributed by atoms with Crippen molar-refractivity contribution in [2.45, 2.75) is 137 Å². The number of fused-ring (bicyclic) bond motifs is 9. The minimum atomic E-state index is -0.499. The molecular formula is C58H75F5N6O3. The molecule has 3 aliphatic carbocycles. The van der Waals surface area contributed by atoms with E-state index in [9.17, 15) is 36.3 Å². The molecule has 4 atom stereocenters. The van der Waals surface area contributed by atoms with E-state index < -0.39 is 13.3 Å². The highest BCUT2D eigenvalue weighted by Crippen LogP contribution is 2.44. The predicted molar refractivity (Wildman–Crippen MR) is 279 cm³/mol. The molecule has 0 fully saturated rings. The van der Waals surface area contributed by atoms with Crippen LogP contribution in [-0.4, -0.2) is 105 Å². The van der Waals surface area contributed by atoms with Gasteiger partial charge in [0.2, 0.25) is 17.7 Å². The van der Waals surface area contributed by atoms with Gasteiger partial charge in [0.15, 0.2) is 0 Å². The van der Waals surface area contributed by atoms with Gasteiger partial charge in [0, 0.05) is 83.5 Å². The molecule has 0 aliphatic heterocycles. The largest absolute Gasteiger partial charge is 0.343 e. The number of benzene rings is 3. The maximum atomic E-state index is 14.6. The molecule has 0 N–H and O–H groups in total. The number of amides is 3. The first kappa shape index (κ1) is 54.1. The molecule has 3 aliphatic rings. The van der Waals surface area contributed by atoms with Crippen LogP contribution in [0.15, 0.2) is 60.7 Å². The van der Waals surface area contributed by atoms with Crippen LogP contribution in [0.5, 0.6) is 0 Å². The third-order valence-corrected chi connectivity index (χ3v) is 15.6. The van der Waals surface area contributed by atoms with Gasteiger partial charge in [-0.2, -0.15) is 0 Å². The second kappa shape index (κ2) is 24.4. The summed E-state index contributed by atoms with van der Waals surface area (Å²) < 4.78 is 73.6. The summed E-state index contributed by atoms with van der Waals surface area (Å²) >= 11 is 0. The normalized spacial score (nSPS) is 18.1. The first-order chi connectivity index (χ1) is 34.9. The van der Waals surface area contributed by atoms with Gasteiger partial charge in [-0.3, -0.25) is 14.4 Å². The standard InChI is InChI=1S/C20H27FN2O.2C19H24F2N2O/c1-4-22(5-2)20(24)16-12-14(3)13-18-19(16)15-8-6-7-9-17(15)23(18)11-10-21;1-3-22(4-2)19(24)13-7-5-9-15-17(13)18-14(21)8-6-10-16(18)23(15)12-11-20;1-3-22(4-2)19(24)14-6-5-7-17-18(14)15-12-13(21)8-9-16(15)23(17)11-10-20/h6-9,14,16H,4-5,10-13H2,1-3H3;6,8,10,13H,3-5,7,9,11-12H2,1-2H3;8-9,12,14H,3-7,10-11H2,1-2H3/i21-1;2*20-1. The van der Waals surface area contributed by atoms with E-state index in [-0.39, 0.29) is 66.9 Å². The van der Waals surface area contributed by atoms with Crippen LogP contribution >= 0.6 is 0 Å². The third-order valence-electron chi connectivity index (χ3n) is 15.6. The highest BCUT2D eigenvalue weighted by molar-refractivity contribution is 5.96. The fourth-order valence-electron chi connectivity index (χ4n) is 12.3. The van der Waals surface area contributed by atoms with Crippen molar-refractivity contribution in [2.75, 3.05) is 59.3 Å². The van der Waals surface area contributed by atoms with Crippen LogP contribution in [-0.2, 0) is 53.3 Å². The molecule has 0 spiro atoms. The maximum absolute atomic E-state index is 14.6. The molecule has 4 unspecified atom stereocenters. The number of aromatic nitrogens is 3. The number of carbonyl (C=O) groups is 3. The Bertz CT molecular complexity index is 2830. The van der Waals surface area contributed by atoms with Crippen molar-refractivity contribution < 1.29 is 36.3 Å². The number of para-hydroxylation sites is 1. The van der Waals surface area contributed by atoms with E-state index in [2.05, 4.69) is 17.6 Å². The Morgan fingerprint density at radius 1 is 0.542 bits per heavy atom. The van der Waals surface area contributed by atoms with E-state index in [1.807, 2.05) is 84.7 Å². The number of carbonyl (C=O) groups excluding carboxylic acids is 3. The zero-order valence-corrected chi connectivity index (χ0v) is 43.5. The average molecular weight is 996 g/mol. The van der Waals surface area contributed by atoms with Crippen LogP contribution in [0.1, 0.15) is 132 Å². The minimum absolute atomic E-state index is 0.0588. The summed E-state index contributed by atoms with van der Waals surface area (Å²) in [4.78, 5) is 44.6. The molecule has 72 heavy (non-hydrogen) atoms. The Balaban J connectivity index is 0.000000158. The number of alkyl halides is 3. The Hall–Kier alpha value is -5.66. The van der Waals surface area contributed by atoms with Crippen molar-refractivity contribution in [2.24, 2.45) is 5.92 Å². The Kier molecular flexibility index (Phi) is 18.3. The fraction of sp³-hybridized carbons (Fsp3) is 0.534. The third kappa shape index (κ3) is 10.4. The summed E-state index contributed by atoms with van der Waals surface area (Å²) in [5.74, 6) is -0.501. The average Bonchev–Trinajstić information content (AvgIpc) is 4.00. The van der Waals surface area contributed by atoms with Crippen LogP contribution in [0.3, 0.4) is 0 Å². The van der Waals surface area contributed by atoms with E-state index in [0.717, 1.165) is 120 Å². The molecule has 390 valence electrons. The molecular weight excluding hydrogens is 921 g/mol. The molecule has 3 heterocycles. The molecule has 9 nitrogen and oxygen atoms in total. The maximum Gasteiger partial charge on any atom is 0.230 e. The monoisotopic (exact) mass is 996 g/mol. The van der Waals surface area contributed by atoms with Gasteiger partial charge in [0.25, 0.3) is 0 Å². The van der Waals surface area contributed by atoms with Crippen LogP contribution < -0.4 is 0 Å². The molecule has 14 heteroatoms. The summed E-state index contributed by atoms with van der Waals surface area (Å²) in [6.45, 7) is 17.7. The molecule has 3 aromatic heterocycles. The molecule has 0 bridgehead atoms. The summed E-state index contributed by atoms with van der Waals surface area (Å²) in [5, 5.41) is 2.40. The Morgan fingerprint density at radius 2 is 1.00 bits per heavy atom. The van der Waals surface area contributed by atoms with Crippen molar-refractivity contribution in [3.63, 3.8) is 0 Å². The summed E-state index contributed by atoms with van der Waals surface area (Å²) in [6, 6.07) is 17.7. The van der Waals surface area contributed by atoms with Crippen LogP contribution in [0.4, 0.5) is 22.0 Å². The summed E-state index contributed by atoms with van der Waals surface area (Å²) in [6.07, 6.45) is 6.65. The molecule has 0 radical (unpaired) electrons. The van der Waals surface area contributed by atoms with Crippen LogP contribution in [0, 0.1) is 17.6 Å². The highest BCUT2D eigenvalue weighted by atomic mass is 19.1. The number of hydrogen-bond donors (Lipinski definition) is 0. The smallest absolute Gasteiger partial charge is 0.230 e. The predicted octanol–water partition coefficient (Wildman–Crippen LogP) is 12.2. The molecule has 9 rings (SSSR count). The van der Waals surface area contributed by atoms with Gasteiger partial charge < -0.3 is 28.4 Å². The van der Waals surface area contributed by atoms with Crippen LogP contribution in [0.2, 0.25) is 0 Å². The quantitative estimate of drug-likeness (QED) is 0.0962. The molecule has 0 saturated carbocycles. The Labute approximate surface area is 422 Å². The zero-order valence-electron chi connectivity index (χ0n) is 43.5. The van der Waals surface area contributed by atoms with Crippen molar-refractivity contribution in [1.29, 1.82) is 0 Å². The van der Waals surface area contributed by atoms with Crippen molar-refractivity contribution in [3.05, 3.63) is 106 Å². The molecule has 6 aromatic rings. The van der Waals surface area contributed by atoms with Crippen molar-refractivity contribution in [3.8, 4) is 0 Å². The van der Waals surface area contributed by atoms with E-state index in [1.165, 1.54) is 18.2 Å². The number of rotatable bonds is 15. The molecule has 3 amide bonds. The summed E-state index contributed by atoms with van der Waals surface area (Å²) in [5.41, 5.74) is 8.56. The first-order valence-electron chi connectivity index (χ1n) is 26.6. The molecule has 0 saturated heterocycles. The van der Waals surface area contributed by atoms with Gasteiger partial charge in [0.05, 0.1) is 42.9 Å². The first-order valence-corrected chi connectivity index (χ1v) is 26.6. The van der Waals surface area contributed by atoms with Gasteiger partial charge in [-0.15, -0.1) is 0 Å². The minimum Gasteiger partial charge on any atom is -0.343 e. The number of nitrogens with zero attached hydrogens (tertiary/aromatic N) is 6. The van der Waals surface area contributed by atoms with E-state index in [4.69, 9.17) is 0 Å². The van der Waals surface area contributed by atoms with Crippen molar-refractivity contribution >= 4 is 50.4 Å². The Morgan fingerprint density at radius 3 is 1.56 bits per heavy atom. The lowest BCUT2D eigenvalue weighted by Gasteiger charge is -2.32. The second-order valence-corrected chi connectivity index (χ2v) is 19.4. The van der Waals surface area contributed by atoms with E-state index in [1.54, 1.807) is 17.0 Å². The summed E-state index contributed by atoms with van der Waals surface area (Å²) in [7, 11) is 0. The lowest BCUT2D eigenvalue weighted by Crippen LogP contribution is -2.37. The lowest BCUT2D eigenvalue weighted by atomic mass is 9.79. The zero-order chi connectivity index (χ0) is 51.8. The number of likely N-dealkylation sites (N-methyl/N-ethyl adjacent to an activating group) is 3. The van der Waals surface area contributed by atoms with Gasteiger partial charge in [-0.1, -0.05) is 31.2 Å². The van der Waals surface area contributed by atoms with E-state index in [0.29, 0.717) is 49.5 Å². The number of halogens is 5. The van der Waals surface area contributed by atoms with E-state index >= 15 is 0 Å². The molecule has 3 aromatic carbocycles. The topological polar surface area (TPSA) is 75.7 Å². The number of aryl methyl sites for hydroxylation is 3. The lowest BCUT2D eigenvalue weighted by molar-refractivity contribution is -0.133. The highest BCUT2D eigenvalue weighted by Gasteiger charge is 2.38. The SMILES string of the molecule is CCN(CC)C(=O)C1CC(C)Cc2c1c1ccccc1n2CC[18F].CCN(CC)C(=O)C1CCCc2c1c1c(F)cccc1n2CC[18F].CCN(CC)C(=O)C1CCCc2c1c1cc(F)ccc1n2CC[18F]. The number of hydrogen-bond acceptors (Lipinski definition) is 3. The fourth-order valence-corrected chi connectivity index (χ4v) is 12.3. The van der Waals surface area contributed by atoms with Gasteiger partial charge >= 0.3 is 0 Å². The second-order valence-electron chi connectivity index (χ2n) is 19.4. The van der Waals surface area contributed by atoms with Gasteiger partial charge in [-0.25, -0.2) is 22.0 Å². The van der Waals surface area contributed by atoms with Crippen molar-refractivity contribution in [1.82, 2.24) is 28.4 Å². The van der Waals surface area contributed by atoms with Gasteiger partial charge in [0.1, 0.15) is 31.7 Å². The van der Waals surface area contributed by atoms with Gasteiger partial charge in [-0.05, 0) is 152 Å². The van der Waals surface area contributed by atoms with Crippen LogP contribution in [0.25, 0.3) is 32.7 Å².